The Kier molecular flexibility index (Phi) is 12.1. The summed E-state index contributed by atoms with van der Waals surface area (Å²) in [6, 6.07) is 2.88. The van der Waals surface area contributed by atoms with Crippen LogP contribution in [0.25, 0.3) is 10.9 Å². The van der Waals surface area contributed by atoms with Gasteiger partial charge in [0.15, 0.2) is 0 Å². The average molecular weight is 560 g/mol. The highest BCUT2D eigenvalue weighted by atomic mass is 16.4. The highest BCUT2D eigenvalue weighted by Gasteiger charge is 2.33. The van der Waals surface area contributed by atoms with Gasteiger partial charge in [-0.25, -0.2) is 4.79 Å². The molecule has 2 aromatic rings. The van der Waals surface area contributed by atoms with Crippen molar-refractivity contribution in [3.63, 3.8) is 0 Å². The monoisotopic (exact) mass is 559 g/mol. The first-order valence-corrected chi connectivity index (χ1v) is 13.6. The van der Waals surface area contributed by atoms with Gasteiger partial charge in [0.1, 0.15) is 18.1 Å². The van der Waals surface area contributed by atoms with E-state index in [-0.39, 0.29) is 24.7 Å². The number of para-hydroxylation sites is 1. The second kappa shape index (κ2) is 15.0. The van der Waals surface area contributed by atoms with E-state index in [4.69, 9.17) is 10.8 Å². The van der Waals surface area contributed by atoms with Crippen LogP contribution in [0.1, 0.15) is 58.9 Å². The molecule has 0 saturated carbocycles. The van der Waals surface area contributed by atoms with E-state index in [1.807, 2.05) is 45.0 Å². The molecule has 0 radical (unpaired) electrons. The molecule has 0 spiro atoms. The molecule has 0 fully saturated rings. The van der Waals surface area contributed by atoms with Crippen LogP contribution < -0.4 is 21.7 Å². The molecule has 1 aromatic heterocycles. The summed E-state index contributed by atoms with van der Waals surface area (Å²) in [5.74, 6) is -4.89. The smallest absolute Gasteiger partial charge is 0.326 e. The lowest BCUT2D eigenvalue weighted by molar-refractivity contribution is -0.143. The Morgan fingerprint density at radius 2 is 1.50 bits per heavy atom. The van der Waals surface area contributed by atoms with Gasteiger partial charge >= 0.3 is 11.9 Å². The predicted molar refractivity (Wildman–Crippen MR) is 149 cm³/mol. The molecule has 220 valence electrons. The van der Waals surface area contributed by atoms with E-state index in [1.54, 1.807) is 13.1 Å². The van der Waals surface area contributed by atoms with E-state index in [2.05, 4.69) is 20.9 Å². The summed E-state index contributed by atoms with van der Waals surface area (Å²) in [5, 5.41) is 27.1. The highest BCUT2D eigenvalue weighted by molar-refractivity contribution is 5.95. The van der Waals surface area contributed by atoms with Crippen LogP contribution in [-0.4, -0.2) is 69.0 Å². The lowest BCUT2D eigenvalue weighted by Gasteiger charge is -2.28. The Labute approximate surface area is 233 Å². The molecule has 0 aliphatic heterocycles. The number of carboxylic acids is 2. The molecule has 12 heteroatoms. The maximum Gasteiger partial charge on any atom is 0.326 e. The van der Waals surface area contributed by atoms with Crippen LogP contribution in [0.3, 0.4) is 0 Å². The first-order valence-electron chi connectivity index (χ1n) is 13.6. The zero-order chi connectivity index (χ0) is 30.0. The summed E-state index contributed by atoms with van der Waals surface area (Å²) >= 11 is 0. The van der Waals surface area contributed by atoms with E-state index in [9.17, 15) is 29.1 Å². The summed E-state index contributed by atoms with van der Waals surface area (Å²) in [5.41, 5.74) is 7.60. The number of aliphatic carboxylic acids is 2. The quantitative estimate of drug-likeness (QED) is 0.160. The molecule has 0 saturated heterocycles. The molecule has 0 aliphatic carbocycles. The molecule has 12 nitrogen and oxygen atoms in total. The van der Waals surface area contributed by atoms with Gasteiger partial charge in [-0.3, -0.25) is 19.2 Å². The molecule has 1 heterocycles. The van der Waals surface area contributed by atoms with Gasteiger partial charge in [0.25, 0.3) is 0 Å². The summed E-state index contributed by atoms with van der Waals surface area (Å²) in [6.07, 6.45) is 2.15. The molecule has 8 N–H and O–H groups in total. The number of H-pyrrole nitrogens is 1. The Hall–Kier alpha value is -3.93. The topological polar surface area (TPSA) is 204 Å². The number of hydrogen-bond donors (Lipinski definition) is 7. The summed E-state index contributed by atoms with van der Waals surface area (Å²) in [4.78, 5) is 65.6. The fraction of sp³-hybridized carbons (Fsp3) is 0.536. The maximum atomic E-state index is 13.5. The van der Waals surface area contributed by atoms with Crippen molar-refractivity contribution in [3.05, 3.63) is 36.0 Å². The molecule has 40 heavy (non-hydrogen) atoms. The van der Waals surface area contributed by atoms with E-state index in [0.717, 1.165) is 10.9 Å². The number of nitrogens with two attached hydrogens (primary N) is 1. The fourth-order valence-electron chi connectivity index (χ4n) is 4.25. The summed E-state index contributed by atoms with van der Waals surface area (Å²) < 4.78 is 0. The van der Waals surface area contributed by atoms with Gasteiger partial charge in [0.05, 0.1) is 6.04 Å². The third-order valence-corrected chi connectivity index (χ3v) is 7.35. The Morgan fingerprint density at radius 3 is 2.10 bits per heavy atom. The van der Waals surface area contributed by atoms with Gasteiger partial charge in [-0.15, -0.1) is 0 Å². The molecule has 0 aliphatic rings. The molecule has 6 atom stereocenters. The van der Waals surface area contributed by atoms with Gasteiger partial charge in [0, 0.05) is 29.9 Å². The zero-order valence-electron chi connectivity index (χ0n) is 23.4. The fourth-order valence-corrected chi connectivity index (χ4v) is 4.25. The number of aromatic nitrogens is 1. The van der Waals surface area contributed by atoms with E-state index in [0.29, 0.717) is 18.4 Å². The van der Waals surface area contributed by atoms with Gasteiger partial charge in [-0.1, -0.05) is 58.7 Å². The Balaban J connectivity index is 2.35. The minimum atomic E-state index is -1.47. The second-order valence-corrected chi connectivity index (χ2v) is 10.2. The lowest BCUT2D eigenvalue weighted by Crippen LogP contribution is -2.59. The first kappa shape index (κ1) is 32.3. The molecule has 1 aromatic carbocycles. The Morgan fingerprint density at radius 1 is 0.875 bits per heavy atom. The number of fused-ring (bicyclic) bond motifs is 1. The molecular formula is C28H41N5O7. The van der Waals surface area contributed by atoms with E-state index < -0.39 is 60.2 Å². The molecule has 6 unspecified atom stereocenters. The molecular weight excluding hydrogens is 518 g/mol. The number of benzene rings is 1. The van der Waals surface area contributed by atoms with Crippen molar-refractivity contribution in [2.45, 2.75) is 84.0 Å². The largest absolute Gasteiger partial charge is 0.481 e. The van der Waals surface area contributed by atoms with Gasteiger partial charge in [0.2, 0.25) is 17.7 Å². The van der Waals surface area contributed by atoms with Crippen LogP contribution in [0.5, 0.6) is 0 Å². The number of rotatable bonds is 16. The Bertz CT molecular complexity index is 1200. The van der Waals surface area contributed by atoms with E-state index >= 15 is 0 Å². The third-order valence-electron chi connectivity index (χ3n) is 7.35. The maximum absolute atomic E-state index is 13.5. The van der Waals surface area contributed by atoms with Crippen molar-refractivity contribution in [2.75, 3.05) is 0 Å². The van der Waals surface area contributed by atoms with Gasteiger partial charge in [-0.05, 0) is 29.9 Å². The van der Waals surface area contributed by atoms with Crippen molar-refractivity contribution < 1.29 is 34.2 Å². The highest BCUT2D eigenvalue weighted by Crippen LogP contribution is 2.20. The van der Waals surface area contributed by atoms with Crippen LogP contribution >= 0.6 is 0 Å². The number of hydrogen-bond acceptors (Lipinski definition) is 6. The zero-order valence-corrected chi connectivity index (χ0v) is 23.4. The number of carbonyl (C=O) groups excluding carboxylic acids is 3. The molecule has 0 bridgehead atoms. The van der Waals surface area contributed by atoms with Crippen LogP contribution in [-0.2, 0) is 30.4 Å². The number of nitrogens with one attached hydrogen (secondary N) is 4. The number of aromatic amines is 1. The standard InChI is InChI=1S/C28H41N5O7/c1-5-15(3)23(29)26(37)33-24(16(4)6-2)27(38)32-21(13-17-14-30-19-10-8-7-9-18(17)19)25(36)31-20(28(39)40)11-12-22(34)35/h7-10,14-16,20-21,23-24,30H,5-6,11-13,29H2,1-4H3,(H,31,36)(H,32,38)(H,33,37)(H,34,35)(H,39,40). The SMILES string of the molecule is CCC(C)C(N)C(=O)NC(C(=O)NC(Cc1c[nH]c2ccccc12)C(=O)NC(CCC(=O)O)C(=O)O)C(C)CC. The van der Waals surface area contributed by atoms with Crippen molar-refractivity contribution in [1.29, 1.82) is 0 Å². The van der Waals surface area contributed by atoms with Crippen molar-refractivity contribution in [1.82, 2.24) is 20.9 Å². The van der Waals surface area contributed by atoms with Crippen LogP contribution in [0.2, 0.25) is 0 Å². The minimum Gasteiger partial charge on any atom is -0.481 e. The van der Waals surface area contributed by atoms with Crippen molar-refractivity contribution >= 4 is 40.6 Å². The number of amides is 3. The van der Waals surface area contributed by atoms with Crippen LogP contribution in [0, 0.1) is 11.8 Å². The number of carbonyl (C=O) groups is 5. The van der Waals surface area contributed by atoms with E-state index in [1.165, 1.54) is 0 Å². The van der Waals surface area contributed by atoms with Gasteiger partial charge in [-0.2, -0.15) is 0 Å². The first-order chi connectivity index (χ1) is 18.9. The predicted octanol–water partition coefficient (Wildman–Crippen LogP) is 1.53. The van der Waals surface area contributed by atoms with Crippen LogP contribution in [0.15, 0.2) is 30.5 Å². The number of carboxylic acid groups (broad SMARTS) is 2. The normalized spacial score (nSPS) is 15.7. The van der Waals surface area contributed by atoms with Crippen molar-refractivity contribution in [3.8, 4) is 0 Å². The van der Waals surface area contributed by atoms with Crippen LogP contribution in [0.4, 0.5) is 0 Å². The lowest BCUT2D eigenvalue weighted by atomic mass is 9.95. The summed E-state index contributed by atoms with van der Waals surface area (Å²) in [7, 11) is 0. The third kappa shape index (κ3) is 8.80. The molecule has 2 rings (SSSR count). The molecule has 3 amide bonds. The second-order valence-electron chi connectivity index (χ2n) is 10.2. The minimum absolute atomic E-state index is 0.0143. The van der Waals surface area contributed by atoms with Crippen molar-refractivity contribution in [2.24, 2.45) is 17.6 Å². The summed E-state index contributed by atoms with van der Waals surface area (Å²) in [6.45, 7) is 7.40. The van der Waals surface area contributed by atoms with Gasteiger partial charge < -0.3 is 36.9 Å². The average Bonchev–Trinajstić information content (AvgIpc) is 3.34.